The minimum atomic E-state index is -0.380. The number of ether oxygens (including phenoxy) is 2. The van der Waals surface area contributed by atoms with Crippen molar-refractivity contribution in [1.29, 1.82) is 0 Å². The Hall–Kier alpha value is -2.71. The molecule has 0 amide bonds. The zero-order valence-corrected chi connectivity index (χ0v) is 17.3. The van der Waals surface area contributed by atoms with Crippen LogP contribution in [0.5, 0.6) is 5.75 Å². The number of carbonyl (C=O) groups excluding carboxylic acids is 1. The molecule has 0 N–H and O–H groups in total. The molecule has 2 heterocycles. The fraction of sp³-hybridized carbons (Fsp3) is 0.263. The van der Waals surface area contributed by atoms with Crippen LogP contribution in [0.1, 0.15) is 28.0 Å². The normalized spacial score (nSPS) is 11.5. The van der Waals surface area contributed by atoms with Gasteiger partial charge in [0.25, 0.3) is 0 Å². The molecular weight excluding hydrogens is 400 g/mol. The van der Waals surface area contributed by atoms with Gasteiger partial charge in [-0.3, -0.25) is 0 Å². The van der Waals surface area contributed by atoms with Crippen molar-refractivity contribution in [3.63, 3.8) is 0 Å². The van der Waals surface area contributed by atoms with Crippen molar-refractivity contribution in [2.45, 2.75) is 20.4 Å². The number of carbonyl (C=O) groups is 1. The number of aromatic nitrogens is 3. The second-order valence-electron chi connectivity index (χ2n) is 5.78. The van der Waals surface area contributed by atoms with Crippen molar-refractivity contribution in [3.8, 4) is 5.75 Å². The SMILES string of the molecule is CCOC(=O)c1cn(Cc2ccc(OC)cc2)/c(=N/c2cc(Cl)nc(C)n2)s1. The molecule has 0 atom stereocenters. The van der Waals surface area contributed by atoms with E-state index in [1.54, 1.807) is 33.2 Å². The topological polar surface area (TPSA) is 78.6 Å². The summed E-state index contributed by atoms with van der Waals surface area (Å²) in [5.74, 6) is 1.35. The molecule has 3 rings (SSSR count). The summed E-state index contributed by atoms with van der Waals surface area (Å²) >= 11 is 7.25. The first-order valence-corrected chi connectivity index (χ1v) is 9.74. The van der Waals surface area contributed by atoms with Crippen LogP contribution in [0.15, 0.2) is 41.5 Å². The highest BCUT2D eigenvalue weighted by molar-refractivity contribution is 7.11. The van der Waals surface area contributed by atoms with Gasteiger partial charge in [-0.2, -0.15) is 0 Å². The summed E-state index contributed by atoms with van der Waals surface area (Å²) in [5, 5.41) is 0.315. The summed E-state index contributed by atoms with van der Waals surface area (Å²) < 4.78 is 12.2. The van der Waals surface area contributed by atoms with E-state index >= 15 is 0 Å². The molecule has 1 aromatic carbocycles. The molecule has 0 unspecified atom stereocenters. The molecule has 0 saturated heterocycles. The first kappa shape index (κ1) is 20.0. The van der Waals surface area contributed by atoms with E-state index in [4.69, 9.17) is 21.1 Å². The van der Waals surface area contributed by atoms with Gasteiger partial charge in [0.15, 0.2) is 10.6 Å². The van der Waals surface area contributed by atoms with E-state index in [-0.39, 0.29) is 5.97 Å². The lowest BCUT2D eigenvalue weighted by molar-refractivity contribution is 0.0531. The summed E-state index contributed by atoms with van der Waals surface area (Å²) in [7, 11) is 1.63. The molecule has 146 valence electrons. The molecular formula is C19H19ClN4O3S. The molecule has 9 heteroatoms. The molecule has 0 fully saturated rings. The highest BCUT2D eigenvalue weighted by Gasteiger charge is 2.13. The first-order chi connectivity index (χ1) is 13.5. The monoisotopic (exact) mass is 418 g/mol. The van der Waals surface area contributed by atoms with Crippen LogP contribution >= 0.6 is 22.9 Å². The lowest BCUT2D eigenvalue weighted by Gasteiger charge is -2.05. The Morgan fingerprint density at radius 3 is 2.68 bits per heavy atom. The maximum Gasteiger partial charge on any atom is 0.349 e. The number of rotatable bonds is 6. The first-order valence-electron chi connectivity index (χ1n) is 8.54. The van der Waals surface area contributed by atoms with Gasteiger partial charge in [-0.25, -0.2) is 19.8 Å². The van der Waals surface area contributed by atoms with Crippen LogP contribution in [0, 0.1) is 6.92 Å². The predicted molar refractivity (Wildman–Crippen MR) is 107 cm³/mol. The predicted octanol–water partition coefficient (Wildman–Crippen LogP) is 3.77. The molecule has 0 bridgehead atoms. The zero-order valence-electron chi connectivity index (χ0n) is 15.7. The van der Waals surface area contributed by atoms with Crippen LogP contribution in [0.25, 0.3) is 0 Å². The highest BCUT2D eigenvalue weighted by Crippen LogP contribution is 2.16. The standard InChI is InChI=1S/C19H19ClN4O3S/c1-4-27-18(25)15-11-24(10-13-5-7-14(26-3)8-6-13)19(28-15)23-17-9-16(20)21-12(2)22-17/h5-9,11H,4,10H2,1-3H3/b23-19-. The van der Waals surface area contributed by atoms with Gasteiger partial charge >= 0.3 is 5.97 Å². The molecule has 2 aromatic heterocycles. The van der Waals surface area contributed by atoms with Gasteiger partial charge in [-0.1, -0.05) is 35.1 Å². The number of hydrogen-bond acceptors (Lipinski definition) is 7. The van der Waals surface area contributed by atoms with Crippen molar-refractivity contribution in [2.75, 3.05) is 13.7 Å². The molecule has 0 radical (unpaired) electrons. The van der Waals surface area contributed by atoms with Gasteiger partial charge in [-0.15, -0.1) is 0 Å². The number of benzene rings is 1. The number of nitrogens with zero attached hydrogens (tertiary/aromatic N) is 4. The fourth-order valence-corrected chi connectivity index (χ4v) is 3.59. The molecule has 3 aromatic rings. The van der Waals surface area contributed by atoms with Crippen molar-refractivity contribution < 1.29 is 14.3 Å². The Morgan fingerprint density at radius 1 is 1.29 bits per heavy atom. The number of halogens is 1. The Balaban J connectivity index is 2.03. The molecule has 0 aliphatic rings. The average Bonchev–Trinajstić information content (AvgIpc) is 3.04. The quantitative estimate of drug-likeness (QED) is 0.449. The Morgan fingerprint density at radius 2 is 2.04 bits per heavy atom. The van der Waals surface area contributed by atoms with Gasteiger partial charge in [0.05, 0.1) is 13.7 Å². The number of thiazole rings is 1. The molecule has 7 nitrogen and oxygen atoms in total. The lowest BCUT2D eigenvalue weighted by Crippen LogP contribution is -2.14. The van der Waals surface area contributed by atoms with E-state index in [9.17, 15) is 4.79 Å². The van der Waals surface area contributed by atoms with Crippen LogP contribution in [-0.2, 0) is 11.3 Å². The van der Waals surface area contributed by atoms with Gasteiger partial charge in [-0.05, 0) is 31.5 Å². The molecule has 0 aliphatic heterocycles. The summed E-state index contributed by atoms with van der Waals surface area (Å²) in [6.45, 7) is 4.35. The van der Waals surface area contributed by atoms with Crippen molar-refractivity contribution in [1.82, 2.24) is 14.5 Å². The Bertz CT molecular complexity index is 1020. The van der Waals surface area contributed by atoms with Gasteiger partial charge in [0, 0.05) is 18.8 Å². The van der Waals surface area contributed by atoms with E-state index in [1.165, 1.54) is 11.3 Å². The summed E-state index contributed by atoms with van der Waals surface area (Å²) in [6, 6.07) is 9.28. The van der Waals surface area contributed by atoms with Crippen LogP contribution in [0.3, 0.4) is 0 Å². The van der Waals surface area contributed by atoms with E-state index < -0.39 is 0 Å². The zero-order chi connectivity index (χ0) is 20.1. The number of methoxy groups -OCH3 is 1. The Kier molecular flexibility index (Phi) is 6.43. The van der Waals surface area contributed by atoms with E-state index in [2.05, 4.69) is 15.0 Å². The maximum atomic E-state index is 12.2. The van der Waals surface area contributed by atoms with E-state index in [0.717, 1.165) is 11.3 Å². The van der Waals surface area contributed by atoms with Crippen LogP contribution < -0.4 is 9.54 Å². The maximum absolute atomic E-state index is 12.2. The molecule has 28 heavy (non-hydrogen) atoms. The third-order valence-corrected chi connectivity index (χ3v) is 4.91. The van der Waals surface area contributed by atoms with Crippen molar-refractivity contribution >= 4 is 34.7 Å². The van der Waals surface area contributed by atoms with Gasteiger partial charge in [0.2, 0.25) is 0 Å². The largest absolute Gasteiger partial charge is 0.497 e. The fourth-order valence-electron chi connectivity index (χ4n) is 2.48. The van der Waals surface area contributed by atoms with Crippen LogP contribution in [0.4, 0.5) is 5.82 Å². The lowest BCUT2D eigenvalue weighted by atomic mass is 10.2. The number of esters is 1. The van der Waals surface area contributed by atoms with Crippen molar-refractivity contribution in [3.05, 3.63) is 62.7 Å². The summed E-state index contributed by atoms with van der Waals surface area (Å²) in [6.07, 6.45) is 1.74. The second kappa shape index (κ2) is 8.99. The minimum Gasteiger partial charge on any atom is -0.497 e. The Labute approximate surface area is 171 Å². The smallest absolute Gasteiger partial charge is 0.349 e. The minimum absolute atomic E-state index is 0.308. The van der Waals surface area contributed by atoms with Crippen LogP contribution in [0.2, 0.25) is 5.15 Å². The van der Waals surface area contributed by atoms with Crippen molar-refractivity contribution in [2.24, 2.45) is 4.99 Å². The van der Waals surface area contributed by atoms with E-state index in [1.807, 2.05) is 28.8 Å². The van der Waals surface area contributed by atoms with Crippen LogP contribution in [-0.4, -0.2) is 34.2 Å². The third kappa shape index (κ3) is 4.96. The van der Waals surface area contributed by atoms with Gasteiger partial charge in [0.1, 0.15) is 21.6 Å². The molecule has 0 aliphatic carbocycles. The summed E-state index contributed by atoms with van der Waals surface area (Å²) in [5.41, 5.74) is 1.03. The van der Waals surface area contributed by atoms with E-state index in [0.29, 0.717) is 39.6 Å². The molecule has 0 saturated carbocycles. The number of hydrogen-bond donors (Lipinski definition) is 0. The third-order valence-electron chi connectivity index (χ3n) is 3.71. The average molecular weight is 419 g/mol. The van der Waals surface area contributed by atoms with Gasteiger partial charge < -0.3 is 14.0 Å². The second-order valence-corrected chi connectivity index (χ2v) is 7.18. The molecule has 0 spiro atoms. The highest BCUT2D eigenvalue weighted by atomic mass is 35.5. The summed E-state index contributed by atoms with van der Waals surface area (Å²) in [4.78, 5) is 26.1. The number of aryl methyl sites for hydroxylation is 1.